The molecule has 0 aliphatic rings. The Morgan fingerprint density at radius 3 is 3.00 bits per heavy atom. The smallest absolute Gasteiger partial charge is 0.139 e. The summed E-state index contributed by atoms with van der Waals surface area (Å²) in [5.74, 6) is -0.281. The van der Waals surface area contributed by atoms with Crippen molar-refractivity contribution in [3.8, 4) is 0 Å². The maximum absolute atomic E-state index is 13.2. The molecule has 2 N–H and O–H groups in total. The molecule has 74 valence electrons. The highest BCUT2D eigenvalue weighted by molar-refractivity contribution is 9.10. The molecule has 0 unspecified atom stereocenters. The number of aromatic nitrogens is 2. The van der Waals surface area contributed by atoms with Crippen LogP contribution in [0.25, 0.3) is 10.9 Å². The molecule has 0 aliphatic carbocycles. The van der Waals surface area contributed by atoms with Gasteiger partial charge in [0.1, 0.15) is 5.82 Å². The van der Waals surface area contributed by atoms with Crippen LogP contribution in [-0.2, 0) is 6.54 Å². The lowest BCUT2D eigenvalue weighted by molar-refractivity contribution is 0.615. The molecule has 0 saturated carbocycles. The number of benzene rings is 1. The van der Waals surface area contributed by atoms with Gasteiger partial charge in [0.2, 0.25) is 0 Å². The molecule has 0 spiro atoms. The summed E-state index contributed by atoms with van der Waals surface area (Å²) in [4.78, 5) is 0. The molecule has 1 aromatic carbocycles. The van der Waals surface area contributed by atoms with E-state index in [2.05, 4.69) is 21.0 Å². The van der Waals surface area contributed by atoms with E-state index in [1.54, 1.807) is 16.9 Å². The summed E-state index contributed by atoms with van der Waals surface area (Å²) in [7, 11) is 0. The van der Waals surface area contributed by atoms with Crippen molar-refractivity contribution in [2.75, 3.05) is 6.54 Å². The van der Waals surface area contributed by atoms with E-state index in [9.17, 15) is 4.39 Å². The van der Waals surface area contributed by atoms with Crippen LogP contribution >= 0.6 is 15.9 Å². The minimum atomic E-state index is -0.281. The molecule has 5 heteroatoms. The molecular formula is C9H9BrFN3. The van der Waals surface area contributed by atoms with Crippen molar-refractivity contribution in [3.05, 3.63) is 28.6 Å². The monoisotopic (exact) mass is 257 g/mol. The Morgan fingerprint density at radius 1 is 1.50 bits per heavy atom. The van der Waals surface area contributed by atoms with Gasteiger partial charge in [-0.3, -0.25) is 4.68 Å². The van der Waals surface area contributed by atoms with E-state index < -0.39 is 0 Å². The first-order chi connectivity index (χ1) is 6.72. The van der Waals surface area contributed by atoms with E-state index in [1.165, 1.54) is 6.07 Å². The number of nitrogens with two attached hydrogens (primary N) is 1. The van der Waals surface area contributed by atoms with Gasteiger partial charge in [-0.15, -0.1) is 0 Å². The number of halogens is 2. The van der Waals surface area contributed by atoms with Crippen molar-refractivity contribution >= 4 is 26.8 Å². The number of rotatable bonds is 2. The van der Waals surface area contributed by atoms with E-state index in [0.29, 0.717) is 17.6 Å². The van der Waals surface area contributed by atoms with Crippen molar-refractivity contribution < 1.29 is 4.39 Å². The summed E-state index contributed by atoms with van der Waals surface area (Å²) in [6, 6.07) is 3.17. The summed E-state index contributed by atoms with van der Waals surface area (Å²) in [6.07, 6.45) is 1.70. The highest BCUT2D eigenvalue weighted by Gasteiger charge is 2.06. The van der Waals surface area contributed by atoms with Gasteiger partial charge in [0.25, 0.3) is 0 Å². The quantitative estimate of drug-likeness (QED) is 0.893. The molecule has 0 bridgehead atoms. The highest BCUT2D eigenvalue weighted by Crippen LogP contribution is 2.22. The van der Waals surface area contributed by atoms with Crippen LogP contribution < -0.4 is 5.73 Å². The summed E-state index contributed by atoms with van der Waals surface area (Å²) in [6.45, 7) is 1.10. The van der Waals surface area contributed by atoms with Gasteiger partial charge < -0.3 is 5.73 Å². The van der Waals surface area contributed by atoms with Gasteiger partial charge in [-0.05, 0) is 22.0 Å². The van der Waals surface area contributed by atoms with Gasteiger partial charge >= 0.3 is 0 Å². The molecule has 3 nitrogen and oxygen atoms in total. The molecule has 0 atom stereocenters. The third kappa shape index (κ3) is 1.53. The summed E-state index contributed by atoms with van der Waals surface area (Å²) >= 11 is 3.13. The largest absolute Gasteiger partial charge is 0.329 e. The second kappa shape index (κ2) is 3.67. The maximum Gasteiger partial charge on any atom is 0.139 e. The van der Waals surface area contributed by atoms with Gasteiger partial charge in [0.15, 0.2) is 0 Å². The first-order valence-electron chi connectivity index (χ1n) is 4.23. The lowest BCUT2D eigenvalue weighted by Crippen LogP contribution is -2.10. The Morgan fingerprint density at radius 2 is 2.29 bits per heavy atom. The van der Waals surface area contributed by atoms with Gasteiger partial charge in [-0.1, -0.05) is 0 Å². The average Bonchev–Trinajstić information content (AvgIpc) is 2.51. The van der Waals surface area contributed by atoms with Gasteiger partial charge in [0, 0.05) is 18.0 Å². The number of hydrogen-bond acceptors (Lipinski definition) is 2. The van der Waals surface area contributed by atoms with Crippen LogP contribution in [-0.4, -0.2) is 16.3 Å². The molecular weight excluding hydrogens is 249 g/mol. The van der Waals surface area contributed by atoms with E-state index in [4.69, 9.17) is 5.73 Å². The first-order valence-corrected chi connectivity index (χ1v) is 5.02. The summed E-state index contributed by atoms with van der Waals surface area (Å²) in [5, 5.41) is 5.03. The van der Waals surface area contributed by atoms with E-state index in [1.807, 2.05) is 0 Å². The van der Waals surface area contributed by atoms with E-state index in [0.717, 1.165) is 10.9 Å². The Kier molecular flexibility index (Phi) is 2.52. The van der Waals surface area contributed by atoms with Crippen molar-refractivity contribution in [1.82, 2.24) is 9.78 Å². The minimum Gasteiger partial charge on any atom is -0.329 e. The third-order valence-corrected chi connectivity index (χ3v) is 2.63. The van der Waals surface area contributed by atoms with Crippen LogP contribution in [0.15, 0.2) is 22.8 Å². The van der Waals surface area contributed by atoms with E-state index in [-0.39, 0.29) is 5.82 Å². The van der Waals surface area contributed by atoms with E-state index >= 15 is 0 Å². The third-order valence-electron chi connectivity index (χ3n) is 2.02. The maximum atomic E-state index is 13.2. The van der Waals surface area contributed by atoms with Crippen LogP contribution in [0.4, 0.5) is 4.39 Å². The lowest BCUT2D eigenvalue weighted by atomic mass is 10.2. The molecule has 1 aromatic heterocycles. The topological polar surface area (TPSA) is 43.8 Å². The van der Waals surface area contributed by atoms with Crippen LogP contribution in [0.2, 0.25) is 0 Å². The van der Waals surface area contributed by atoms with Crippen molar-refractivity contribution in [3.63, 3.8) is 0 Å². The lowest BCUT2D eigenvalue weighted by Gasteiger charge is -2.01. The standard InChI is InChI=1S/C9H9BrFN3/c10-7-3-6-5-13-14(2-1-12)9(6)4-8(7)11/h3-5H,1-2,12H2. The molecule has 2 rings (SSSR count). The Bertz CT molecular complexity index is 466. The summed E-state index contributed by atoms with van der Waals surface area (Å²) in [5.41, 5.74) is 6.19. The molecule has 1 heterocycles. The van der Waals surface area contributed by atoms with Crippen LogP contribution in [0, 0.1) is 5.82 Å². The number of hydrogen-bond donors (Lipinski definition) is 1. The van der Waals surface area contributed by atoms with Crippen LogP contribution in [0.3, 0.4) is 0 Å². The molecule has 0 radical (unpaired) electrons. The zero-order valence-corrected chi connectivity index (χ0v) is 8.96. The van der Waals surface area contributed by atoms with Crippen LogP contribution in [0.1, 0.15) is 0 Å². The second-order valence-corrected chi connectivity index (χ2v) is 3.84. The van der Waals surface area contributed by atoms with Crippen molar-refractivity contribution in [1.29, 1.82) is 0 Å². The molecule has 2 aromatic rings. The molecule has 14 heavy (non-hydrogen) atoms. The van der Waals surface area contributed by atoms with Crippen LogP contribution in [0.5, 0.6) is 0 Å². The molecule has 0 saturated heterocycles. The fourth-order valence-electron chi connectivity index (χ4n) is 1.37. The fraction of sp³-hybridized carbons (Fsp3) is 0.222. The normalized spacial score (nSPS) is 11.1. The summed E-state index contributed by atoms with van der Waals surface area (Å²) < 4.78 is 15.4. The van der Waals surface area contributed by atoms with Crippen molar-refractivity contribution in [2.24, 2.45) is 5.73 Å². The zero-order chi connectivity index (χ0) is 10.1. The predicted octanol–water partition coefficient (Wildman–Crippen LogP) is 1.90. The zero-order valence-electron chi connectivity index (χ0n) is 7.37. The molecule has 0 amide bonds. The number of fused-ring (bicyclic) bond motifs is 1. The SMILES string of the molecule is NCCn1ncc2cc(Br)c(F)cc21. The van der Waals surface area contributed by atoms with Crippen molar-refractivity contribution in [2.45, 2.75) is 6.54 Å². The Hall–Kier alpha value is -0.940. The Balaban J connectivity index is 2.61. The van der Waals surface area contributed by atoms with Gasteiger partial charge in [-0.25, -0.2) is 4.39 Å². The highest BCUT2D eigenvalue weighted by atomic mass is 79.9. The predicted molar refractivity (Wildman–Crippen MR) is 56.4 cm³/mol. The molecule has 0 fully saturated rings. The fourth-order valence-corrected chi connectivity index (χ4v) is 1.73. The minimum absolute atomic E-state index is 0.281. The van der Waals surface area contributed by atoms with Gasteiger partial charge in [-0.2, -0.15) is 5.10 Å². The molecule has 0 aliphatic heterocycles. The van der Waals surface area contributed by atoms with Gasteiger partial charge in [0.05, 0.1) is 22.7 Å². The second-order valence-electron chi connectivity index (χ2n) is 2.98. The number of nitrogens with zero attached hydrogens (tertiary/aromatic N) is 2. The first kappa shape index (κ1) is 9.61. The Labute approximate surface area is 88.8 Å². The average molecular weight is 258 g/mol.